The molecule has 1 amide bonds. The Morgan fingerprint density at radius 3 is 2.60 bits per heavy atom. The molecule has 2 aromatic rings. The molecule has 0 spiro atoms. The first-order chi connectivity index (χ1) is 9.51. The summed E-state index contributed by atoms with van der Waals surface area (Å²) in [7, 11) is 1.63. The summed E-state index contributed by atoms with van der Waals surface area (Å²) < 4.78 is 5.17. The maximum absolute atomic E-state index is 12.1. The van der Waals surface area contributed by atoms with E-state index in [0.717, 1.165) is 16.7 Å². The molecule has 20 heavy (non-hydrogen) atoms. The number of rotatable bonds is 4. The quantitative estimate of drug-likeness (QED) is 0.930. The molecule has 0 saturated carbocycles. The van der Waals surface area contributed by atoms with Crippen LogP contribution in [0.2, 0.25) is 0 Å². The van der Waals surface area contributed by atoms with Crippen LogP contribution in [0.25, 0.3) is 10.9 Å². The summed E-state index contributed by atoms with van der Waals surface area (Å²) in [6, 6.07) is 9.35. The second kappa shape index (κ2) is 5.90. The lowest BCUT2D eigenvalue weighted by Gasteiger charge is -2.17. The van der Waals surface area contributed by atoms with Crippen molar-refractivity contribution in [3.63, 3.8) is 0 Å². The van der Waals surface area contributed by atoms with Gasteiger partial charge in [-0.15, -0.1) is 0 Å². The van der Waals surface area contributed by atoms with Crippen molar-refractivity contribution in [1.82, 2.24) is 10.3 Å². The zero-order valence-corrected chi connectivity index (χ0v) is 12.3. The molecule has 4 nitrogen and oxygen atoms in total. The molecule has 1 aromatic heterocycles. The Hall–Kier alpha value is -2.10. The minimum Gasteiger partial charge on any atom is -0.497 e. The Labute approximate surface area is 119 Å². The number of carbonyl (C=O) groups is 1. The van der Waals surface area contributed by atoms with Crippen molar-refractivity contribution in [2.75, 3.05) is 7.11 Å². The van der Waals surface area contributed by atoms with Gasteiger partial charge in [-0.25, -0.2) is 4.98 Å². The van der Waals surface area contributed by atoms with E-state index in [2.05, 4.69) is 24.1 Å². The molecule has 1 heterocycles. The van der Waals surface area contributed by atoms with E-state index in [-0.39, 0.29) is 11.9 Å². The number of pyridine rings is 1. The fraction of sp³-hybridized carbons (Fsp3) is 0.375. The van der Waals surface area contributed by atoms with Crippen LogP contribution in [-0.4, -0.2) is 24.0 Å². The maximum atomic E-state index is 12.1. The van der Waals surface area contributed by atoms with Crippen LogP contribution in [-0.2, 0) is 0 Å². The average molecular weight is 272 g/mol. The number of aromatic nitrogens is 1. The number of methoxy groups -OCH3 is 1. The standard InChI is InChI=1S/C16H20N2O2/c1-10(2)11(3)17-16(19)15-7-5-12-9-13(20-4)6-8-14(12)18-15/h5-11H,1-4H3,(H,17,19). The van der Waals surface area contributed by atoms with E-state index in [0.29, 0.717) is 11.6 Å². The van der Waals surface area contributed by atoms with Gasteiger partial charge in [-0.1, -0.05) is 19.9 Å². The fourth-order valence-corrected chi connectivity index (χ4v) is 1.80. The van der Waals surface area contributed by atoms with Gasteiger partial charge in [-0.05, 0) is 37.1 Å². The molecule has 1 atom stereocenters. The van der Waals surface area contributed by atoms with Gasteiger partial charge in [0.05, 0.1) is 12.6 Å². The van der Waals surface area contributed by atoms with Gasteiger partial charge in [0.25, 0.3) is 5.91 Å². The number of nitrogens with zero attached hydrogens (tertiary/aromatic N) is 1. The molecule has 0 aliphatic carbocycles. The third-order valence-electron chi connectivity index (χ3n) is 3.49. The molecule has 1 N–H and O–H groups in total. The molecule has 1 unspecified atom stereocenters. The van der Waals surface area contributed by atoms with Gasteiger partial charge in [0, 0.05) is 11.4 Å². The molecule has 0 fully saturated rings. The largest absolute Gasteiger partial charge is 0.497 e. The summed E-state index contributed by atoms with van der Waals surface area (Å²) in [6.45, 7) is 6.14. The number of fused-ring (bicyclic) bond motifs is 1. The topological polar surface area (TPSA) is 51.2 Å². The number of nitrogens with one attached hydrogen (secondary N) is 1. The number of ether oxygens (including phenoxy) is 1. The lowest BCUT2D eigenvalue weighted by molar-refractivity contribution is 0.0926. The Bertz CT molecular complexity index is 623. The van der Waals surface area contributed by atoms with Crippen LogP contribution in [0.3, 0.4) is 0 Å². The Morgan fingerprint density at radius 1 is 1.20 bits per heavy atom. The molecule has 0 saturated heterocycles. The van der Waals surface area contributed by atoms with Gasteiger partial charge >= 0.3 is 0 Å². The maximum Gasteiger partial charge on any atom is 0.270 e. The van der Waals surface area contributed by atoms with Crippen LogP contribution in [0, 0.1) is 5.92 Å². The Balaban J connectivity index is 2.25. The van der Waals surface area contributed by atoms with Gasteiger partial charge in [-0.3, -0.25) is 4.79 Å². The minimum atomic E-state index is -0.135. The number of carbonyl (C=O) groups excluding carboxylic acids is 1. The molecule has 2 rings (SSSR count). The smallest absolute Gasteiger partial charge is 0.270 e. The zero-order chi connectivity index (χ0) is 14.7. The highest BCUT2D eigenvalue weighted by Crippen LogP contribution is 2.19. The van der Waals surface area contributed by atoms with Crippen LogP contribution in [0.4, 0.5) is 0 Å². The van der Waals surface area contributed by atoms with Crippen molar-refractivity contribution in [3.8, 4) is 5.75 Å². The van der Waals surface area contributed by atoms with E-state index in [1.54, 1.807) is 13.2 Å². The zero-order valence-electron chi connectivity index (χ0n) is 12.3. The normalized spacial score (nSPS) is 12.4. The first kappa shape index (κ1) is 14.3. The average Bonchev–Trinajstić information content (AvgIpc) is 2.45. The molecule has 4 heteroatoms. The van der Waals surface area contributed by atoms with E-state index in [1.165, 1.54) is 0 Å². The number of hydrogen-bond acceptors (Lipinski definition) is 3. The molecule has 0 bridgehead atoms. The fourth-order valence-electron chi connectivity index (χ4n) is 1.80. The summed E-state index contributed by atoms with van der Waals surface area (Å²) in [5, 5.41) is 3.91. The van der Waals surface area contributed by atoms with Crippen LogP contribution in [0.5, 0.6) is 5.75 Å². The number of hydrogen-bond donors (Lipinski definition) is 1. The highest BCUT2D eigenvalue weighted by Gasteiger charge is 2.13. The van der Waals surface area contributed by atoms with Crippen LogP contribution < -0.4 is 10.1 Å². The highest BCUT2D eigenvalue weighted by molar-refractivity contribution is 5.95. The number of benzene rings is 1. The first-order valence-electron chi connectivity index (χ1n) is 6.77. The summed E-state index contributed by atoms with van der Waals surface area (Å²) in [5.41, 5.74) is 1.23. The van der Waals surface area contributed by atoms with Gasteiger partial charge in [-0.2, -0.15) is 0 Å². The van der Waals surface area contributed by atoms with Crippen molar-refractivity contribution in [1.29, 1.82) is 0 Å². The highest BCUT2D eigenvalue weighted by atomic mass is 16.5. The summed E-state index contributed by atoms with van der Waals surface area (Å²) in [6.07, 6.45) is 0. The van der Waals surface area contributed by atoms with Crippen LogP contribution in [0.1, 0.15) is 31.3 Å². The van der Waals surface area contributed by atoms with E-state index in [9.17, 15) is 4.79 Å². The van der Waals surface area contributed by atoms with Crippen molar-refractivity contribution >= 4 is 16.8 Å². The third-order valence-corrected chi connectivity index (χ3v) is 3.49. The van der Waals surface area contributed by atoms with Crippen molar-refractivity contribution in [2.45, 2.75) is 26.8 Å². The summed E-state index contributed by atoms with van der Waals surface area (Å²) >= 11 is 0. The minimum absolute atomic E-state index is 0.121. The molecule has 1 aromatic carbocycles. The van der Waals surface area contributed by atoms with E-state index < -0.39 is 0 Å². The molecular weight excluding hydrogens is 252 g/mol. The lowest BCUT2D eigenvalue weighted by atomic mass is 10.1. The predicted molar refractivity (Wildman–Crippen MR) is 80.1 cm³/mol. The SMILES string of the molecule is COc1ccc2nc(C(=O)NC(C)C(C)C)ccc2c1. The van der Waals surface area contributed by atoms with Crippen molar-refractivity contribution < 1.29 is 9.53 Å². The van der Waals surface area contributed by atoms with E-state index in [4.69, 9.17) is 4.74 Å². The van der Waals surface area contributed by atoms with Gasteiger partial charge < -0.3 is 10.1 Å². The lowest BCUT2D eigenvalue weighted by Crippen LogP contribution is -2.36. The molecule has 0 aliphatic heterocycles. The second-order valence-corrected chi connectivity index (χ2v) is 5.26. The van der Waals surface area contributed by atoms with Gasteiger partial charge in [0.15, 0.2) is 0 Å². The third kappa shape index (κ3) is 3.07. The van der Waals surface area contributed by atoms with E-state index >= 15 is 0 Å². The van der Waals surface area contributed by atoms with Crippen molar-refractivity contribution in [2.24, 2.45) is 5.92 Å². The van der Waals surface area contributed by atoms with Gasteiger partial charge in [0.2, 0.25) is 0 Å². The first-order valence-corrected chi connectivity index (χ1v) is 6.77. The molecule has 106 valence electrons. The molecule has 0 radical (unpaired) electrons. The molecular formula is C16H20N2O2. The van der Waals surface area contributed by atoms with Crippen LogP contribution in [0.15, 0.2) is 30.3 Å². The van der Waals surface area contributed by atoms with E-state index in [1.807, 2.05) is 31.2 Å². The summed E-state index contributed by atoms with van der Waals surface area (Å²) in [4.78, 5) is 16.5. The number of amides is 1. The monoisotopic (exact) mass is 272 g/mol. The Kier molecular flexibility index (Phi) is 4.23. The van der Waals surface area contributed by atoms with Crippen LogP contribution >= 0.6 is 0 Å². The molecule has 0 aliphatic rings. The predicted octanol–water partition coefficient (Wildman–Crippen LogP) is 3.02. The van der Waals surface area contributed by atoms with Gasteiger partial charge in [0.1, 0.15) is 11.4 Å². The summed E-state index contributed by atoms with van der Waals surface area (Å²) in [5.74, 6) is 1.04. The Morgan fingerprint density at radius 2 is 1.95 bits per heavy atom. The van der Waals surface area contributed by atoms with Crippen molar-refractivity contribution in [3.05, 3.63) is 36.0 Å². The second-order valence-electron chi connectivity index (χ2n) is 5.26.